The van der Waals surface area contributed by atoms with Gasteiger partial charge in [0.1, 0.15) is 0 Å². The fourth-order valence-corrected chi connectivity index (χ4v) is 8.53. The van der Waals surface area contributed by atoms with Crippen molar-refractivity contribution in [2.45, 2.75) is 328 Å². The maximum atomic E-state index is 6.46. The second-order valence-corrected chi connectivity index (χ2v) is 17.9. The van der Waals surface area contributed by atoms with Crippen LogP contribution >= 0.6 is 0 Å². The van der Waals surface area contributed by atoms with E-state index in [1.807, 2.05) is 0 Å². The van der Waals surface area contributed by atoms with Gasteiger partial charge in [0.05, 0.1) is 0 Å². The van der Waals surface area contributed by atoms with Crippen molar-refractivity contribution in [1.29, 1.82) is 0 Å². The molecule has 0 heterocycles. The van der Waals surface area contributed by atoms with E-state index in [2.05, 4.69) is 13.8 Å². The Balaban J connectivity index is 3.14. The van der Waals surface area contributed by atoms with E-state index in [1.165, 1.54) is 308 Å². The van der Waals surface area contributed by atoms with Gasteiger partial charge in [0.2, 0.25) is 0 Å². The van der Waals surface area contributed by atoms with Crippen molar-refractivity contribution in [2.75, 3.05) is 0 Å². The van der Waals surface area contributed by atoms with Gasteiger partial charge in [0, 0.05) is 6.04 Å². The van der Waals surface area contributed by atoms with Gasteiger partial charge in [-0.05, 0) is 12.8 Å². The van der Waals surface area contributed by atoms with Crippen LogP contribution in [0.2, 0.25) is 0 Å². The number of rotatable bonds is 48. The summed E-state index contributed by atoms with van der Waals surface area (Å²) >= 11 is 0. The number of hydrogen-bond acceptors (Lipinski definition) is 1. The normalized spacial score (nSPS) is 11.8. The molecule has 0 unspecified atom stereocenters. The highest BCUT2D eigenvalue weighted by atomic mass is 14.6. The van der Waals surface area contributed by atoms with Crippen molar-refractivity contribution in [3.8, 4) is 0 Å². The molecule has 0 rings (SSSR count). The summed E-state index contributed by atoms with van der Waals surface area (Å²) in [6.45, 7) is 4.62. The van der Waals surface area contributed by atoms with Crippen molar-refractivity contribution in [3.63, 3.8) is 0 Å². The van der Waals surface area contributed by atoms with Gasteiger partial charge in [-0.1, -0.05) is 309 Å². The lowest BCUT2D eigenvalue weighted by atomic mass is 10.00. The standard InChI is InChI=1S/C51H105N/c1-3-5-7-9-11-13-15-17-19-21-23-25-27-29-31-33-35-37-39-41-43-45-47-49-51(52)50-48-46-44-42-40-38-36-34-32-30-28-26-24-22-20-18-16-14-12-10-8-6-4-2/h51H,3-50,52H2,1-2H3. The summed E-state index contributed by atoms with van der Waals surface area (Å²) in [5.74, 6) is 0. The molecule has 0 aromatic carbocycles. The van der Waals surface area contributed by atoms with Crippen molar-refractivity contribution >= 4 is 0 Å². The maximum Gasteiger partial charge on any atom is 0.00388 e. The molecule has 314 valence electrons. The van der Waals surface area contributed by atoms with Crippen LogP contribution in [0.15, 0.2) is 0 Å². The van der Waals surface area contributed by atoms with Gasteiger partial charge in [-0.2, -0.15) is 0 Å². The molecule has 0 bridgehead atoms. The molecule has 0 amide bonds. The van der Waals surface area contributed by atoms with Gasteiger partial charge in [-0.3, -0.25) is 0 Å². The molecular formula is C51H105N. The van der Waals surface area contributed by atoms with E-state index in [-0.39, 0.29) is 0 Å². The third-order valence-corrected chi connectivity index (χ3v) is 12.4. The molecule has 0 saturated heterocycles. The monoisotopic (exact) mass is 732 g/mol. The minimum Gasteiger partial charge on any atom is -0.328 e. The highest BCUT2D eigenvalue weighted by molar-refractivity contribution is 4.62. The van der Waals surface area contributed by atoms with Gasteiger partial charge in [-0.15, -0.1) is 0 Å². The van der Waals surface area contributed by atoms with Gasteiger partial charge in [0.25, 0.3) is 0 Å². The fraction of sp³-hybridized carbons (Fsp3) is 1.00. The van der Waals surface area contributed by atoms with E-state index in [9.17, 15) is 0 Å². The molecule has 0 saturated carbocycles. The van der Waals surface area contributed by atoms with E-state index in [4.69, 9.17) is 5.73 Å². The highest BCUT2D eigenvalue weighted by Crippen LogP contribution is 2.18. The lowest BCUT2D eigenvalue weighted by Gasteiger charge is -2.11. The predicted octanol–water partition coefficient (Wildman–Crippen LogP) is 19.1. The Labute approximate surface area is 332 Å². The van der Waals surface area contributed by atoms with Crippen molar-refractivity contribution in [1.82, 2.24) is 0 Å². The molecule has 0 aliphatic rings. The molecule has 52 heavy (non-hydrogen) atoms. The summed E-state index contributed by atoms with van der Waals surface area (Å²) in [5.41, 5.74) is 6.46. The van der Waals surface area contributed by atoms with Gasteiger partial charge >= 0.3 is 0 Å². The van der Waals surface area contributed by atoms with Crippen molar-refractivity contribution in [3.05, 3.63) is 0 Å². The van der Waals surface area contributed by atoms with Crippen LogP contribution in [-0.4, -0.2) is 6.04 Å². The zero-order chi connectivity index (χ0) is 37.5. The Kier molecular flexibility index (Phi) is 48.9. The molecule has 1 nitrogen and oxygen atoms in total. The molecule has 0 spiro atoms. The van der Waals surface area contributed by atoms with E-state index in [0.717, 1.165) is 0 Å². The maximum absolute atomic E-state index is 6.46. The van der Waals surface area contributed by atoms with Gasteiger partial charge in [0.15, 0.2) is 0 Å². The van der Waals surface area contributed by atoms with Gasteiger partial charge < -0.3 is 5.73 Å². The summed E-state index contributed by atoms with van der Waals surface area (Å²) in [6, 6.07) is 0.463. The van der Waals surface area contributed by atoms with E-state index in [0.29, 0.717) is 6.04 Å². The second kappa shape index (κ2) is 49.0. The van der Waals surface area contributed by atoms with Gasteiger partial charge in [-0.25, -0.2) is 0 Å². The fourth-order valence-electron chi connectivity index (χ4n) is 8.53. The average Bonchev–Trinajstić information content (AvgIpc) is 3.15. The van der Waals surface area contributed by atoms with Crippen LogP contribution in [0.4, 0.5) is 0 Å². The predicted molar refractivity (Wildman–Crippen MR) is 241 cm³/mol. The van der Waals surface area contributed by atoms with Crippen LogP contribution in [0, 0.1) is 0 Å². The first kappa shape index (κ1) is 52.0. The molecule has 0 radical (unpaired) electrons. The Morgan fingerprint density at radius 3 is 0.442 bits per heavy atom. The highest BCUT2D eigenvalue weighted by Gasteiger charge is 2.03. The van der Waals surface area contributed by atoms with Crippen molar-refractivity contribution in [2.24, 2.45) is 5.73 Å². The molecule has 0 aromatic heterocycles. The summed E-state index contributed by atoms with van der Waals surface area (Å²) in [5, 5.41) is 0. The zero-order valence-electron chi connectivity index (χ0n) is 37.1. The second-order valence-electron chi connectivity index (χ2n) is 17.9. The Morgan fingerprint density at radius 2 is 0.308 bits per heavy atom. The first-order valence-electron chi connectivity index (χ1n) is 25.6. The molecule has 0 aliphatic carbocycles. The summed E-state index contributed by atoms with van der Waals surface area (Å²) in [4.78, 5) is 0. The number of nitrogens with two attached hydrogens (primary N) is 1. The molecule has 0 fully saturated rings. The minimum atomic E-state index is 0.463. The number of hydrogen-bond donors (Lipinski definition) is 1. The first-order valence-corrected chi connectivity index (χ1v) is 25.6. The van der Waals surface area contributed by atoms with Crippen LogP contribution in [0.5, 0.6) is 0 Å². The molecule has 0 aromatic rings. The smallest absolute Gasteiger partial charge is 0.00388 e. The lowest BCUT2D eigenvalue weighted by molar-refractivity contribution is 0.477. The van der Waals surface area contributed by atoms with Crippen molar-refractivity contribution < 1.29 is 0 Å². The number of unbranched alkanes of at least 4 members (excludes halogenated alkanes) is 44. The molecule has 0 aliphatic heterocycles. The van der Waals surface area contributed by atoms with Crippen LogP contribution in [0.3, 0.4) is 0 Å². The zero-order valence-corrected chi connectivity index (χ0v) is 37.1. The summed E-state index contributed by atoms with van der Waals surface area (Å²) in [7, 11) is 0. The molecule has 1 heteroatoms. The van der Waals surface area contributed by atoms with Crippen LogP contribution < -0.4 is 5.73 Å². The average molecular weight is 732 g/mol. The summed E-state index contributed by atoms with van der Waals surface area (Å²) in [6.07, 6.45) is 69.8. The molecule has 0 atom stereocenters. The first-order chi connectivity index (χ1) is 25.8. The summed E-state index contributed by atoms with van der Waals surface area (Å²) < 4.78 is 0. The third kappa shape index (κ3) is 48.0. The lowest BCUT2D eigenvalue weighted by Crippen LogP contribution is -2.19. The Morgan fingerprint density at radius 1 is 0.192 bits per heavy atom. The van der Waals surface area contributed by atoms with Crippen LogP contribution in [0.1, 0.15) is 322 Å². The Hall–Kier alpha value is -0.0400. The SMILES string of the molecule is CCCCCCCCCCCCCCCCCCCCCCCCCC(N)CCCCCCCCCCCCCCCCCCCCCCCCC. The Bertz CT molecular complexity index is 536. The topological polar surface area (TPSA) is 26.0 Å². The molecule has 2 N–H and O–H groups in total. The third-order valence-electron chi connectivity index (χ3n) is 12.4. The van der Waals surface area contributed by atoms with E-state index >= 15 is 0 Å². The van der Waals surface area contributed by atoms with Crippen LogP contribution in [0.25, 0.3) is 0 Å². The minimum absolute atomic E-state index is 0.463. The quantitative estimate of drug-likeness (QED) is 0.0620. The largest absolute Gasteiger partial charge is 0.328 e. The molecular weight excluding hydrogens is 627 g/mol. The van der Waals surface area contributed by atoms with E-state index < -0.39 is 0 Å². The van der Waals surface area contributed by atoms with E-state index in [1.54, 1.807) is 0 Å². The van der Waals surface area contributed by atoms with Crippen LogP contribution in [-0.2, 0) is 0 Å².